The number of nitrogen functional groups attached to an aromatic ring is 1. The first-order valence-corrected chi connectivity index (χ1v) is 9.71. The third kappa shape index (κ3) is 3.73. The molecule has 0 aliphatic rings. The fraction of sp³-hybridized carbons (Fsp3) is 0.167. The molecule has 3 aromatic rings. The first-order chi connectivity index (χ1) is 13.2. The van der Waals surface area contributed by atoms with E-state index in [1.165, 1.54) is 32.5 Å². The summed E-state index contributed by atoms with van der Waals surface area (Å²) in [6.45, 7) is 0. The Morgan fingerprint density at radius 1 is 1.14 bits per heavy atom. The average molecular weight is 402 g/mol. The van der Waals surface area contributed by atoms with Gasteiger partial charge < -0.3 is 15.2 Å². The Morgan fingerprint density at radius 2 is 1.75 bits per heavy atom. The van der Waals surface area contributed by atoms with Crippen molar-refractivity contribution in [1.29, 1.82) is 5.41 Å². The third-order valence-corrected chi connectivity index (χ3v) is 5.14. The SMILES string of the molecule is COc1cc2ncc(N)[n+](C(=N)Cc3ccc(S(N)(=O)=O)cc3)c2cc1OC. The van der Waals surface area contributed by atoms with Crippen molar-refractivity contribution in [3.8, 4) is 11.5 Å². The Labute approximate surface area is 162 Å². The quantitative estimate of drug-likeness (QED) is 0.327. The molecule has 0 fully saturated rings. The Balaban J connectivity index is 2.02. The second-order valence-corrected chi connectivity index (χ2v) is 7.59. The maximum atomic E-state index is 11.4. The Morgan fingerprint density at radius 3 is 2.32 bits per heavy atom. The van der Waals surface area contributed by atoms with Crippen molar-refractivity contribution in [2.24, 2.45) is 5.14 Å². The number of nitrogens with two attached hydrogens (primary N) is 2. The number of anilines is 1. The molecule has 0 saturated carbocycles. The van der Waals surface area contributed by atoms with Crippen molar-refractivity contribution in [1.82, 2.24) is 4.98 Å². The number of sulfonamides is 1. The Kier molecular flexibility index (Phi) is 5.16. The molecule has 0 spiro atoms. The molecule has 1 heterocycles. The molecule has 0 radical (unpaired) electrons. The molecule has 0 aliphatic carbocycles. The van der Waals surface area contributed by atoms with Crippen molar-refractivity contribution in [3.63, 3.8) is 0 Å². The summed E-state index contributed by atoms with van der Waals surface area (Å²) in [7, 11) is -0.713. The first kappa shape index (κ1) is 19.5. The van der Waals surface area contributed by atoms with Gasteiger partial charge in [0.25, 0.3) is 0 Å². The maximum Gasteiger partial charge on any atom is 0.242 e. The van der Waals surface area contributed by atoms with Gasteiger partial charge in [-0.3, -0.25) is 0 Å². The second kappa shape index (κ2) is 7.41. The summed E-state index contributed by atoms with van der Waals surface area (Å²) in [5.74, 6) is 1.47. The van der Waals surface area contributed by atoms with E-state index in [4.69, 9.17) is 25.8 Å². The molecule has 0 unspecified atom stereocenters. The van der Waals surface area contributed by atoms with Crippen LogP contribution in [0.15, 0.2) is 47.5 Å². The number of hydrogen-bond donors (Lipinski definition) is 3. The molecule has 3 rings (SSSR count). The zero-order valence-corrected chi connectivity index (χ0v) is 16.2. The number of aromatic nitrogens is 2. The molecule has 28 heavy (non-hydrogen) atoms. The van der Waals surface area contributed by atoms with E-state index in [-0.39, 0.29) is 23.0 Å². The molecule has 1 aromatic heterocycles. The van der Waals surface area contributed by atoms with Crippen LogP contribution < -0.4 is 24.9 Å². The Bertz CT molecular complexity index is 1160. The molecule has 0 bridgehead atoms. The molecule has 0 aliphatic heterocycles. The molecule has 10 heteroatoms. The number of fused-ring (bicyclic) bond motifs is 1. The number of benzene rings is 2. The van der Waals surface area contributed by atoms with Crippen molar-refractivity contribution in [2.75, 3.05) is 20.0 Å². The van der Waals surface area contributed by atoms with Crippen LogP contribution in [-0.4, -0.2) is 33.5 Å². The van der Waals surface area contributed by atoms with Crippen LogP contribution in [0.2, 0.25) is 0 Å². The maximum absolute atomic E-state index is 11.4. The van der Waals surface area contributed by atoms with Crippen LogP contribution in [-0.2, 0) is 16.4 Å². The van der Waals surface area contributed by atoms with Crippen LogP contribution in [0.25, 0.3) is 11.0 Å². The number of primary sulfonamides is 1. The predicted octanol–water partition coefficient (Wildman–Crippen LogP) is 0.837. The van der Waals surface area contributed by atoms with Gasteiger partial charge in [-0.15, -0.1) is 0 Å². The van der Waals surface area contributed by atoms with Gasteiger partial charge in [0, 0.05) is 12.1 Å². The zero-order chi connectivity index (χ0) is 20.5. The van der Waals surface area contributed by atoms with E-state index in [1.54, 1.807) is 28.8 Å². The van der Waals surface area contributed by atoms with E-state index in [0.29, 0.717) is 22.5 Å². The standard InChI is InChI=1S/C18H19N5O4S/c1-26-15-8-13-14(9-16(15)27-2)23(18(20)10-22-13)17(19)7-11-3-5-12(6-4-11)28(21,24)25/h3-6,8-10,19-20H,7H2,1-2H3,(H2,21,24,25)/p+1. The van der Waals surface area contributed by atoms with Gasteiger partial charge in [-0.25, -0.2) is 18.5 Å². The molecular formula is C18H20N5O4S+. The molecule has 146 valence electrons. The molecule has 5 N–H and O–H groups in total. The minimum Gasteiger partial charge on any atom is -0.493 e. The van der Waals surface area contributed by atoms with Crippen LogP contribution in [0.3, 0.4) is 0 Å². The molecule has 0 atom stereocenters. The van der Waals surface area contributed by atoms with Crippen LogP contribution in [0, 0.1) is 5.41 Å². The van der Waals surface area contributed by atoms with E-state index < -0.39 is 10.0 Å². The summed E-state index contributed by atoms with van der Waals surface area (Å²) >= 11 is 0. The van der Waals surface area contributed by atoms with Crippen LogP contribution in [0.1, 0.15) is 5.56 Å². The van der Waals surface area contributed by atoms with Gasteiger partial charge in [-0.2, -0.15) is 9.98 Å². The fourth-order valence-electron chi connectivity index (χ4n) is 2.84. The summed E-state index contributed by atoms with van der Waals surface area (Å²) in [4.78, 5) is 4.31. The van der Waals surface area contributed by atoms with Crippen molar-refractivity contribution in [2.45, 2.75) is 11.3 Å². The van der Waals surface area contributed by atoms with Gasteiger partial charge in [0.05, 0.1) is 25.5 Å². The van der Waals surface area contributed by atoms with E-state index >= 15 is 0 Å². The highest BCUT2D eigenvalue weighted by Crippen LogP contribution is 2.30. The van der Waals surface area contributed by atoms with Crippen LogP contribution >= 0.6 is 0 Å². The van der Waals surface area contributed by atoms with E-state index in [2.05, 4.69) is 4.98 Å². The summed E-state index contributed by atoms with van der Waals surface area (Å²) < 4.78 is 34.9. The van der Waals surface area contributed by atoms with Gasteiger partial charge in [-0.1, -0.05) is 12.1 Å². The predicted molar refractivity (Wildman–Crippen MR) is 104 cm³/mol. The lowest BCUT2D eigenvalue weighted by atomic mass is 10.1. The van der Waals surface area contributed by atoms with Crippen molar-refractivity contribution < 1.29 is 22.5 Å². The van der Waals surface area contributed by atoms with Gasteiger partial charge in [0.2, 0.25) is 21.7 Å². The smallest absolute Gasteiger partial charge is 0.242 e. The van der Waals surface area contributed by atoms with Crippen molar-refractivity contribution >= 4 is 32.7 Å². The normalized spacial score (nSPS) is 11.4. The fourth-order valence-corrected chi connectivity index (χ4v) is 3.36. The monoisotopic (exact) mass is 402 g/mol. The molecule has 0 saturated heterocycles. The number of methoxy groups -OCH3 is 2. The highest BCUT2D eigenvalue weighted by Gasteiger charge is 2.19. The first-order valence-electron chi connectivity index (χ1n) is 8.16. The highest BCUT2D eigenvalue weighted by molar-refractivity contribution is 7.89. The number of ether oxygens (including phenoxy) is 2. The van der Waals surface area contributed by atoms with Crippen molar-refractivity contribution in [3.05, 3.63) is 48.2 Å². The van der Waals surface area contributed by atoms with Gasteiger partial charge >= 0.3 is 0 Å². The lowest BCUT2D eigenvalue weighted by molar-refractivity contribution is -0.513. The minimum absolute atomic E-state index is 0.0149. The van der Waals surface area contributed by atoms with Gasteiger partial charge in [0.15, 0.2) is 11.5 Å². The van der Waals surface area contributed by atoms with Gasteiger partial charge in [-0.05, 0) is 17.7 Å². The number of rotatable bonds is 5. The van der Waals surface area contributed by atoms with Crippen LogP contribution in [0.4, 0.5) is 5.82 Å². The average Bonchev–Trinajstić information content (AvgIpc) is 2.66. The lowest BCUT2D eigenvalue weighted by Gasteiger charge is -2.12. The molecule has 2 aromatic carbocycles. The number of nitrogens with zero attached hydrogens (tertiary/aromatic N) is 2. The Hall–Kier alpha value is -3.24. The minimum atomic E-state index is -3.76. The number of hydrogen-bond acceptors (Lipinski definition) is 7. The lowest BCUT2D eigenvalue weighted by Crippen LogP contribution is -2.47. The van der Waals surface area contributed by atoms with E-state index in [0.717, 1.165) is 5.56 Å². The number of nitrogens with one attached hydrogen (secondary N) is 1. The highest BCUT2D eigenvalue weighted by atomic mass is 32.2. The summed E-state index contributed by atoms with van der Waals surface area (Å²) in [5, 5.41) is 13.6. The van der Waals surface area contributed by atoms with E-state index in [1.807, 2.05) is 0 Å². The zero-order valence-electron chi connectivity index (χ0n) is 15.3. The molecule has 9 nitrogen and oxygen atoms in total. The van der Waals surface area contributed by atoms with Crippen LogP contribution in [0.5, 0.6) is 11.5 Å². The summed E-state index contributed by atoms with van der Waals surface area (Å²) in [5.41, 5.74) is 7.98. The summed E-state index contributed by atoms with van der Waals surface area (Å²) in [6, 6.07) is 9.44. The third-order valence-electron chi connectivity index (χ3n) is 4.21. The topological polar surface area (TPSA) is 145 Å². The largest absolute Gasteiger partial charge is 0.493 e. The van der Waals surface area contributed by atoms with Gasteiger partial charge in [0.1, 0.15) is 17.2 Å². The summed E-state index contributed by atoms with van der Waals surface area (Å²) in [6.07, 6.45) is 1.68. The molecular weight excluding hydrogens is 382 g/mol. The molecule has 0 amide bonds. The van der Waals surface area contributed by atoms with E-state index in [9.17, 15) is 8.42 Å². The second-order valence-electron chi connectivity index (χ2n) is 6.03.